The maximum Gasteiger partial charge on any atom is 0.305 e. The van der Waals surface area contributed by atoms with E-state index in [-0.39, 0.29) is 81.0 Å². The van der Waals surface area contributed by atoms with Crippen LogP contribution >= 0.6 is 0 Å². The minimum atomic E-state index is -1.94. The van der Waals surface area contributed by atoms with Crippen LogP contribution in [-0.2, 0) is 89.6 Å². The number of hydrogen-bond acceptors (Lipinski definition) is 17. The quantitative estimate of drug-likeness (QED) is 0.0460. The third kappa shape index (κ3) is 20.6. The minimum Gasteiger partial charge on any atom is -0.497 e. The Hall–Kier alpha value is -12.0. The number of ether oxygens (including phenoxy) is 1. The number of halogens is 2. The number of carboxylic acids is 1. The summed E-state index contributed by atoms with van der Waals surface area (Å²) in [6.07, 6.45) is 5.82. The second-order valence-electron chi connectivity index (χ2n) is 27.9. The second kappa shape index (κ2) is 36.0. The number of nitrogens with zero attached hydrogens (tertiary/aromatic N) is 5. The summed E-state index contributed by atoms with van der Waals surface area (Å²) >= 11 is 0. The molecule has 31 nitrogen and oxygen atoms in total. The van der Waals surface area contributed by atoms with Gasteiger partial charge in [-0.2, -0.15) is 0 Å². The molecule has 1 saturated heterocycles. The number of aryl methyl sites for hydroxylation is 1. The second-order valence-corrected chi connectivity index (χ2v) is 27.9. The fourth-order valence-electron chi connectivity index (χ4n) is 13.8. The lowest BCUT2D eigenvalue weighted by Gasteiger charge is -2.37. The molecule has 0 saturated carbocycles. The molecule has 1 fully saturated rings. The highest BCUT2D eigenvalue weighted by Gasteiger charge is 2.49. The number of carbonyl (C=O) groups is 12. The van der Waals surface area contributed by atoms with Crippen molar-refractivity contribution in [3.05, 3.63) is 155 Å². The zero-order valence-electron chi connectivity index (χ0n) is 60.6. The molecule has 7 aromatic rings. The normalized spacial score (nSPS) is 23.5. The number of Topliss-reactive ketones (excluding diaryl/α,β-unsaturated/α-hetero) is 1. The Labute approximate surface area is 624 Å². The molecule has 15 N–H and O–H groups in total. The lowest BCUT2D eigenvalue weighted by atomic mass is 9.89. The van der Waals surface area contributed by atoms with Gasteiger partial charge in [0.2, 0.25) is 59.1 Å². The van der Waals surface area contributed by atoms with Crippen LogP contribution in [0.15, 0.2) is 120 Å². The molecule has 4 aliphatic rings. The molecule has 3 aromatic heterocycles. The predicted octanol–water partition coefficient (Wildman–Crippen LogP) is 2.45. The van der Waals surface area contributed by atoms with E-state index >= 15 is 32.8 Å². The first-order valence-electron chi connectivity index (χ1n) is 35.9. The number of aromatic nitrogens is 5. The van der Waals surface area contributed by atoms with Crippen molar-refractivity contribution in [2.45, 2.75) is 171 Å². The summed E-state index contributed by atoms with van der Waals surface area (Å²) in [6.45, 7) is 4.27. The number of hydrogen-bond donors (Lipinski definition) is 13. The van der Waals surface area contributed by atoms with Crippen molar-refractivity contribution in [2.75, 3.05) is 20.2 Å². The average Bonchev–Trinajstić information content (AvgIpc) is 1.62. The van der Waals surface area contributed by atoms with Crippen LogP contribution in [0, 0.1) is 17.6 Å². The molecule has 0 unspecified atom stereocenters. The van der Waals surface area contributed by atoms with Crippen LogP contribution in [-0.4, -0.2) is 186 Å². The van der Waals surface area contributed by atoms with E-state index in [9.17, 15) is 38.7 Å². The van der Waals surface area contributed by atoms with Crippen molar-refractivity contribution in [3.63, 3.8) is 0 Å². The number of nitrogens with one attached hydrogen (secondary N) is 10. The molecule has 0 aliphatic carbocycles. The van der Waals surface area contributed by atoms with Gasteiger partial charge in [-0.1, -0.05) is 29.5 Å². The third-order valence-electron chi connectivity index (χ3n) is 19.9. The number of carbonyl (C=O) groups excluding carboxylic acids is 11. The first-order chi connectivity index (χ1) is 52.1. The number of primary amides is 1. The molecule has 576 valence electrons. The van der Waals surface area contributed by atoms with Crippen molar-refractivity contribution < 1.29 is 76.2 Å². The Morgan fingerprint density at radius 2 is 1.32 bits per heavy atom. The lowest BCUT2D eigenvalue weighted by Crippen LogP contribution is -2.62. The monoisotopic (exact) mass is 1500 g/mol. The fraction of sp³-hybridized carbons (Fsp3) is 0.408. The van der Waals surface area contributed by atoms with E-state index in [0.29, 0.717) is 69.5 Å². The number of allylic oxidation sites excluding steroid dienone is 1. The fourth-order valence-corrected chi connectivity index (χ4v) is 13.8. The number of aromatic amines is 2. The van der Waals surface area contributed by atoms with Crippen LogP contribution < -0.4 is 58.7 Å². The summed E-state index contributed by atoms with van der Waals surface area (Å²) in [7, 11) is 1.46. The number of H-pyrrole nitrogens is 2. The van der Waals surface area contributed by atoms with Crippen LogP contribution in [0.3, 0.4) is 0 Å². The van der Waals surface area contributed by atoms with Crippen LogP contribution in [0.1, 0.15) is 113 Å². The number of fused-ring (bicyclic) bond motifs is 31. The smallest absolute Gasteiger partial charge is 0.305 e. The molecule has 4 aromatic carbocycles. The largest absolute Gasteiger partial charge is 0.497 e. The number of carboxylic acid groups (broad SMARTS) is 1. The van der Waals surface area contributed by atoms with Gasteiger partial charge in [-0.05, 0) is 160 Å². The Bertz CT molecular complexity index is 4630. The van der Waals surface area contributed by atoms with Gasteiger partial charge >= 0.3 is 5.97 Å². The van der Waals surface area contributed by atoms with E-state index in [0.717, 1.165) is 0 Å². The van der Waals surface area contributed by atoms with E-state index in [1.54, 1.807) is 60.9 Å². The van der Waals surface area contributed by atoms with E-state index in [2.05, 4.69) is 67.8 Å². The molecule has 0 spiro atoms. The number of aliphatic carboxylic acids is 1. The summed E-state index contributed by atoms with van der Waals surface area (Å²) in [5.74, 6) is -13.4. The average molecular weight is 1500 g/mol. The number of rotatable bonds is 17. The number of benzene rings is 4. The van der Waals surface area contributed by atoms with Crippen LogP contribution in [0.2, 0.25) is 0 Å². The van der Waals surface area contributed by atoms with Gasteiger partial charge in [0.25, 0.3) is 0 Å². The highest BCUT2D eigenvalue weighted by Crippen LogP contribution is 2.32. The summed E-state index contributed by atoms with van der Waals surface area (Å²) in [5.41, 5.74) is 14.1. The molecule has 33 heteroatoms. The van der Waals surface area contributed by atoms with Crippen molar-refractivity contribution in [3.8, 4) is 11.4 Å². The van der Waals surface area contributed by atoms with Crippen molar-refractivity contribution in [1.29, 1.82) is 0 Å². The Kier molecular flexibility index (Phi) is 26.3. The summed E-state index contributed by atoms with van der Waals surface area (Å²) in [6, 6.07) is 8.69. The van der Waals surface area contributed by atoms with Crippen LogP contribution in [0.5, 0.6) is 5.75 Å². The van der Waals surface area contributed by atoms with Gasteiger partial charge < -0.3 is 78.7 Å². The lowest BCUT2D eigenvalue weighted by molar-refractivity contribution is -0.147. The summed E-state index contributed by atoms with van der Waals surface area (Å²) in [5, 5.41) is 41.0. The maximum atomic E-state index is 15.4. The SMILES string of the molecule is COc1ccc(C[C@@H]2NC(=O)[C@H](CC3=CN=CC3)CC(=O)[C@H](CC(=O)O)NC(=O)[C@H](Cc3c[nH]c4ccc(F)cc34)NC(=O)[C@H](Cc3c[nH]c4ccc(F)cc34)NC(=O)[C@@H](C)NC(=O)[C@H](CCCCN)NC(=O)[C@@H](NC(C)=O)CCc3cn(nn3)-c3ccc(cc3)C[C@@H](C(N)=O)NC(=O)[C@]3(C)CCCN3C2=O)cc1. The van der Waals surface area contributed by atoms with Crippen molar-refractivity contribution in [2.24, 2.45) is 22.4 Å². The molecule has 4 aliphatic heterocycles. The minimum absolute atomic E-state index is 0.00483. The molecular weight excluding hydrogens is 1410 g/mol. The van der Waals surface area contributed by atoms with Gasteiger partial charge in [0.15, 0.2) is 5.78 Å². The Balaban J connectivity index is 1.02. The van der Waals surface area contributed by atoms with E-state index in [4.69, 9.17) is 16.2 Å². The first kappa shape index (κ1) is 79.5. The molecule has 11 rings (SSSR count). The van der Waals surface area contributed by atoms with Gasteiger partial charge in [0.1, 0.15) is 65.2 Å². The van der Waals surface area contributed by atoms with Crippen molar-refractivity contribution in [1.82, 2.24) is 72.4 Å². The van der Waals surface area contributed by atoms with Gasteiger partial charge in [-0.25, -0.2) is 13.5 Å². The highest BCUT2D eigenvalue weighted by atomic mass is 19.1. The van der Waals surface area contributed by atoms with Crippen LogP contribution in [0.4, 0.5) is 8.78 Å². The van der Waals surface area contributed by atoms with Gasteiger partial charge in [0, 0.05) is 105 Å². The van der Waals surface area contributed by atoms with Gasteiger partial charge in [0.05, 0.1) is 37.2 Å². The van der Waals surface area contributed by atoms with Gasteiger partial charge in [-0.15, -0.1) is 5.10 Å². The Morgan fingerprint density at radius 1 is 0.706 bits per heavy atom. The number of nitrogens with two attached hydrogens (primary N) is 2. The van der Waals surface area contributed by atoms with E-state index in [1.165, 1.54) is 92.5 Å². The number of ketones is 1. The number of methoxy groups -OCH3 is 1. The molecule has 7 heterocycles. The highest BCUT2D eigenvalue weighted by molar-refractivity contribution is 6.01. The first-order valence-corrected chi connectivity index (χ1v) is 35.9. The molecular formula is C76H89F2N17O14. The molecule has 10 amide bonds. The van der Waals surface area contributed by atoms with E-state index < -0.39 is 168 Å². The van der Waals surface area contributed by atoms with Gasteiger partial charge in [-0.3, -0.25) is 62.5 Å². The predicted molar refractivity (Wildman–Crippen MR) is 393 cm³/mol. The topological polar surface area (TPSA) is 460 Å². The number of unbranched alkanes of at least 4 members (excludes halogenated alkanes) is 1. The number of aliphatic imine (C=N–C) groups is 1. The van der Waals surface area contributed by atoms with Crippen LogP contribution in [0.25, 0.3) is 27.5 Å². The number of amides is 10. The third-order valence-corrected chi connectivity index (χ3v) is 19.9. The maximum absolute atomic E-state index is 15.4. The summed E-state index contributed by atoms with van der Waals surface area (Å²) in [4.78, 5) is 185. The zero-order valence-corrected chi connectivity index (χ0v) is 60.6. The standard InChI is InChI=1S/C76H89F2N17O14/c1-41-68(101)88-62(31-47-38-82-56-20-13-49(77)34-54(47)56)73(106)89-63(32-48-39-83-57-21-14-50(78)35-55(48)57)72(105)87-60(36-66(98)99)65(97)33-46(28-45-23-26-81-37-45)69(102)90-64(30-44-11-18-53(109-4)19-12-44)74(107)94-27-7-24-76(94,3)75(108)91-61(67(80)100)29-43-9-16-52(17-10-43)95-40-51(92-93-95)15-22-59(85-42(2)96)71(104)86-58(70(103)84-41)8-5-6-25-79/h9-14,16-21,26,34-35,37-41,46,58-64,82-83H,5-8,15,22-25,27-33,36,79H2,1-4H3,(H2,80,100)(H,84,103)(H,85,96)(H,86,104)(H,87,105)(H,88,101)(H,89,106)(H,90,102)(H,91,108)(H,98,99)/t41-,46-,58+,59+,60+,61+,62+,63+,64+,76+/m1/s1. The van der Waals surface area contributed by atoms with Crippen molar-refractivity contribution >= 4 is 98.8 Å². The molecule has 4 bridgehead atoms. The molecule has 0 radical (unpaired) electrons. The molecule has 10 atom stereocenters. The zero-order chi connectivity index (χ0) is 78.2. The summed E-state index contributed by atoms with van der Waals surface area (Å²) < 4.78 is 36.9. The molecule has 109 heavy (non-hydrogen) atoms. The van der Waals surface area contributed by atoms with E-state index in [1.807, 2.05) is 0 Å². The Morgan fingerprint density at radius 3 is 1.92 bits per heavy atom.